The largest absolute Gasteiger partial charge is 0.454 e. The van der Waals surface area contributed by atoms with Crippen LogP contribution in [-0.4, -0.2) is 16.9 Å². The summed E-state index contributed by atoms with van der Waals surface area (Å²) in [6.45, 7) is 0.203. The molecule has 3 N–H and O–H groups in total. The smallest absolute Gasteiger partial charge is 0.231 e. The van der Waals surface area contributed by atoms with Gasteiger partial charge in [0.2, 0.25) is 6.79 Å². The van der Waals surface area contributed by atoms with Crippen molar-refractivity contribution in [2.24, 2.45) is 0 Å². The minimum atomic E-state index is -0.650. The van der Waals surface area contributed by atoms with E-state index in [1.165, 1.54) is 0 Å². The Morgan fingerprint density at radius 1 is 1.35 bits per heavy atom. The molecule has 0 fully saturated rings. The number of ether oxygens (including phenoxy) is 2. The van der Waals surface area contributed by atoms with Crippen LogP contribution in [0.15, 0.2) is 34.9 Å². The quantitative estimate of drug-likeness (QED) is 0.900. The number of benzene rings is 1. The van der Waals surface area contributed by atoms with Crippen molar-refractivity contribution in [3.63, 3.8) is 0 Å². The van der Waals surface area contributed by atoms with Crippen LogP contribution in [0.25, 0.3) is 0 Å². The average molecular weight is 337 g/mol. The number of anilines is 1. The van der Waals surface area contributed by atoms with E-state index in [4.69, 9.17) is 15.2 Å². The van der Waals surface area contributed by atoms with Crippen molar-refractivity contribution in [1.29, 1.82) is 0 Å². The zero-order valence-corrected chi connectivity index (χ0v) is 12.1. The highest BCUT2D eigenvalue weighted by molar-refractivity contribution is 9.10. The number of hydrogen-bond acceptors (Lipinski definition) is 5. The standard InChI is InChI=1S/C14H13BrN2O3/c15-10-5-9(6-12-14(10)20-7-19-12)11(18)3-8-1-2-17-13(16)4-8/h1-2,4-6,11,18H,3,7H2,(H2,16,17). The van der Waals surface area contributed by atoms with Gasteiger partial charge in [0.1, 0.15) is 5.82 Å². The molecule has 0 amide bonds. The van der Waals surface area contributed by atoms with Gasteiger partial charge in [0.05, 0.1) is 10.6 Å². The van der Waals surface area contributed by atoms with E-state index < -0.39 is 6.10 Å². The molecule has 1 aliphatic rings. The fraction of sp³-hybridized carbons (Fsp3) is 0.214. The molecule has 0 bridgehead atoms. The number of aromatic nitrogens is 1. The predicted molar refractivity (Wildman–Crippen MR) is 77.6 cm³/mol. The predicted octanol–water partition coefficient (Wildman–Crippen LogP) is 2.43. The van der Waals surface area contributed by atoms with Crippen molar-refractivity contribution >= 4 is 21.7 Å². The maximum absolute atomic E-state index is 10.3. The van der Waals surface area contributed by atoms with Crippen molar-refractivity contribution < 1.29 is 14.6 Å². The average Bonchev–Trinajstić information content (AvgIpc) is 2.87. The van der Waals surface area contributed by atoms with Crippen LogP contribution in [0.3, 0.4) is 0 Å². The molecule has 5 nitrogen and oxygen atoms in total. The Morgan fingerprint density at radius 3 is 3.00 bits per heavy atom. The molecule has 1 aromatic heterocycles. The molecule has 0 radical (unpaired) electrons. The van der Waals surface area contributed by atoms with E-state index in [0.717, 1.165) is 15.6 Å². The van der Waals surface area contributed by atoms with Crippen LogP contribution in [0.5, 0.6) is 11.5 Å². The van der Waals surface area contributed by atoms with E-state index in [1.54, 1.807) is 18.3 Å². The first-order valence-corrected chi connectivity index (χ1v) is 6.90. The zero-order chi connectivity index (χ0) is 14.1. The van der Waals surface area contributed by atoms with Crippen molar-refractivity contribution in [1.82, 2.24) is 4.98 Å². The van der Waals surface area contributed by atoms with Gasteiger partial charge in [-0.1, -0.05) is 0 Å². The lowest BCUT2D eigenvalue weighted by molar-refractivity contribution is 0.171. The molecule has 0 saturated heterocycles. The van der Waals surface area contributed by atoms with Crippen LogP contribution in [-0.2, 0) is 6.42 Å². The minimum absolute atomic E-state index is 0.203. The third-order valence-electron chi connectivity index (χ3n) is 3.11. The number of pyridine rings is 1. The lowest BCUT2D eigenvalue weighted by Gasteiger charge is -2.13. The van der Waals surface area contributed by atoms with E-state index in [9.17, 15) is 5.11 Å². The van der Waals surface area contributed by atoms with Crippen molar-refractivity contribution in [3.05, 3.63) is 46.1 Å². The van der Waals surface area contributed by atoms with Gasteiger partial charge in [0.15, 0.2) is 11.5 Å². The highest BCUT2D eigenvalue weighted by Gasteiger charge is 2.20. The summed E-state index contributed by atoms with van der Waals surface area (Å²) in [6.07, 6.45) is 1.44. The number of hydrogen-bond donors (Lipinski definition) is 2. The molecule has 104 valence electrons. The molecule has 0 saturated carbocycles. The number of nitrogens with two attached hydrogens (primary N) is 1. The van der Waals surface area contributed by atoms with Gasteiger partial charge in [-0.3, -0.25) is 0 Å². The Bertz CT molecular complexity index is 648. The summed E-state index contributed by atoms with van der Waals surface area (Å²) in [5.41, 5.74) is 7.32. The van der Waals surface area contributed by atoms with Gasteiger partial charge in [0.25, 0.3) is 0 Å². The number of halogens is 1. The van der Waals surface area contributed by atoms with E-state index in [-0.39, 0.29) is 6.79 Å². The van der Waals surface area contributed by atoms with Crippen LogP contribution < -0.4 is 15.2 Å². The lowest BCUT2D eigenvalue weighted by atomic mass is 10.0. The maximum atomic E-state index is 10.3. The van der Waals surface area contributed by atoms with E-state index in [0.29, 0.717) is 23.7 Å². The molecule has 0 spiro atoms. The molecule has 1 aromatic carbocycles. The molecule has 20 heavy (non-hydrogen) atoms. The Balaban J connectivity index is 1.84. The number of rotatable bonds is 3. The second-order valence-electron chi connectivity index (χ2n) is 4.55. The molecule has 1 unspecified atom stereocenters. The third kappa shape index (κ3) is 2.57. The van der Waals surface area contributed by atoms with Gasteiger partial charge in [-0.05, 0) is 51.3 Å². The second kappa shape index (κ2) is 5.30. The summed E-state index contributed by atoms with van der Waals surface area (Å²) < 4.78 is 11.4. The van der Waals surface area contributed by atoms with Crippen LogP contribution in [0, 0.1) is 0 Å². The highest BCUT2D eigenvalue weighted by atomic mass is 79.9. The lowest BCUT2D eigenvalue weighted by Crippen LogP contribution is -2.03. The number of fused-ring (bicyclic) bond motifs is 1. The summed E-state index contributed by atoms with van der Waals surface area (Å²) in [7, 11) is 0. The SMILES string of the molecule is Nc1cc(CC(O)c2cc(Br)c3c(c2)OCO3)ccn1. The van der Waals surface area contributed by atoms with Gasteiger partial charge in [-0.2, -0.15) is 0 Å². The van der Waals surface area contributed by atoms with Crippen molar-refractivity contribution in [3.8, 4) is 11.5 Å². The summed E-state index contributed by atoms with van der Waals surface area (Å²) in [5, 5.41) is 10.3. The Morgan fingerprint density at radius 2 is 2.20 bits per heavy atom. The normalized spacial score (nSPS) is 14.3. The number of nitrogens with zero attached hydrogens (tertiary/aromatic N) is 1. The number of nitrogen functional groups attached to an aromatic ring is 1. The topological polar surface area (TPSA) is 77.6 Å². The number of aliphatic hydroxyl groups excluding tert-OH is 1. The molecule has 1 aliphatic heterocycles. The Hall–Kier alpha value is -1.79. The molecule has 2 aromatic rings. The first kappa shape index (κ1) is 13.2. The van der Waals surface area contributed by atoms with Crippen LogP contribution in [0.2, 0.25) is 0 Å². The van der Waals surface area contributed by atoms with E-state index >= 15 is 0 Å². The summed E-state index contributed by atoms with van der Waals surface area (Å²) >= 11 is 3.42. The Labute approximate surface area is 124 Å². The zero-order valence-electron chi connectivity index (χ0n) is 10.5. The summed E-state index contributed by atoms with van der Waals surface area (Å²) in [6, 6.07) is 7.22. The molecule has 6 heteroatoms. The highest BCUT2D eigenvalue weighted by Crippen LogP contribution is 2.41. The van der Waals surface area contributed by atoms with E-state index in [2.05, 4.69) is 20.9 Å². The molecular weight excluding hydrogens is 324 g/mol. The van der Waals surface area contributed by atoms with Gasteiger partial charge < -0.3 is 20.3 Å². The Kier molecular flexibility index (Phi) is 3.50. The number of aliphatic hydroxyl groups is 1. The maximum Gasteiger partial charge on any atom is 0.231 e. The van der Waals surface area contributed by atoms with Gasteiger partial charge in [-0.15, -0.1) is 0 Å². The summed E-state index contributed by atoms with van der Waals surface area (Å²) in [4.78, 5) is 3.93. The van der Waals surface area contributed by atoms with Gasteiger partial charge in [-0.25, -0.2) is 4.98 Å². The first-order chi connectivity index (χ1) is 9.63. The van der Waals surface area contributed by atoms with Crippen LogP contribution >= 0.6 is 15.9 Å². The van der Waals surface area contributed by atoms with Crippen LogP contribution in [0.4, 0.5) is 5.82 Å². The molecule has 2 heterocycles. The van der Waals surface area contributed by atoms with E-state index in [1.807, 2.05) is 12.1 Å². The fourth-order valence-corrected chi connectivity index (χ4v) is 2.72. The molecule has 3 rings (SSSR count). The first-order valence-electron chi connectivity index (χ1n) is 6.11. The third-order valence-corrected chi connectivity index (χ3v) is 3.70. The minimum Gasteiger partial charge on any atom is -0.454 e. The molecular formula is C14H13BrN2O3. The van der Waals surface area contributed by atoms with Crippen LogP contribution in [0.1, 0.15) is 17.2 Å². The van der Waals surface area contributed by atoms with Gasteiger partial charge >= 0.3 is 0 Å². The molecule has 1 atom stereocenters. The van der Waals surface area contributed by atoms with Crippen molar-refractivity contribution in [2.75, 3.05) is 12.5 Å². The monoisotopic (exact) mass is 336 g/mol. The second-order valence-corrected chi connectivity index (χ2v) is 5.40. The molecule has 0 aliphatic carbocycles. The van der Waals surface area contributed by atoms with Gasteiger partial charge in [0, 0.05) is 12.6 Å². The van der Waals surface area contributed by atoms with Crippen molar-refractivity contribution in [2.45, 2.75) is 12.5 Å². The summed E-state index contributed by atoms with van der Waals surface area (Å²) in [5.74, 6) is 1.76. The fourth-order valence-electron chi connectivity index (χ4n) is 2.14.